The van der Waals surface area contributed by atoms with Gasteiger partial charge in [-0.3, -0.25) is 14.7 Å². The molecule has 2 amide bonds. The minimum absolute atomic E-state index is 0.148. The van der Waals surface area contributed by atoms with Crippen LogP contribution in [0, 0.1) is 6.92 Å². The van der Waals surface area contributed by atoms with Crippen LogP contribution < -0.4 is 16.8 Å². The molecule has 9 heteroatoms. The second-order valence-corrected chi connectivity index (χ2v) is 3.64. The molecule has 1 heterocycles. The number of nitrogens with one attached hydrogen (secondary N) is 2. The lowest BCUT2D eigenvalue weighted by atomic mass is 10.2. The van der Waals surface area contributed by atoms with E-state index in [9.17, 15) is 14.4 Å². The van der Waals surface area contributed by atoms with Crippen LogP contribution in [-0.4, -0.2) is 39.1 Å². The lowest BCUT2D eigenvalue weighted by Crippen LogP contribution is -2.39. The van der Waals surface area contributed by atoms with Gasteiger partial charge in [-0.2, -0.15) is 5.10 Å². The highest BCUT2D eigenvalue weighted by Crippen LogP contribution is 2.15. The molecule has 1 rings (SSSR count). The summed E-state index contributed by atoms with van der Waals surface area (Å²) in [7, 11) is 0. The maximum atomic E-state index is 11.5. The summed E-state index contributed by atoms with van der Waals surface area (Å²) in [5.41, 5.74) is 10.4. The molecule has 7 N–H and O–H groups in total. The zero-order valence-electron chi connectivity index (χ0n) is 9.56. The van der Waals surface area contributed by atoms with Crippen molar-refractivity contribution in [3.05, 3.63) is 11.3 Å². The van der Waals surface area contributed by atoms with Crippen molar-refractivity contribution in [2.45, 2.75) is 19.4 Å². The first-order chi connectivity index (χ1) is 8.32. The summed E-state index contributed by atoms with van der Waals surface area (Å²) < 4.78 is 0. The largest absolute Gasteiger partial charge is 0.477 e. The number of aromatic carboxylic acids is 1. The number of hydrogen-bond acceptors (Lipinski definition) is 5. The zero-order chi connectivity index (χ0) is 13.9. The fourth-order valence-corrected chi connectivity index (χ4v) is 1.30. The van der Waals surface area contributed by atoms with Crippen LogP contribution in [0.25, 0.3) is 0 Å². The van der Waals surface area contributed by atoms with E-state index in [1.54, 1.807) is 0 Å². The molecule has 0 saturated carbocycles. The van der Waals surface area contributed by atoms with Crippen LogP contribution in [-0.2, 0) is 9.59 Å². The number of H-pyrrole nitrogens is 1. The Labute approximate surface area is 102 Å². The lowest BCUT2D eigenvalue weighted by Gasteiger charge is -2.09. The number of rotatable bonds is 5. The molecule has 0 aliphatic rings. The molecule has 1 atom stereocenters. The topological polar surface area (TPSA) is 164 Å². The molecule has 98 valence electrons. The molecule has 0 aliphatic heterocycles. The van der Waals surface area contributed by atoms with Crippen molar-refractivity contribution in [3.63, 3.8) is 0 Å². The fourth-order valence-electron chi connectivity index (χ4n) is 1.30. The second kappa shape index (κ2) is 5.27. The van der Waals surface area contributed by atoms with E-state index in [1.807, 2.05) is 0 Å². The maximum absolute atomic E-state index is 11.5. The van der Waals surface area contributed by atoms with Gasteiger partial charge in [0.1, 0.15) is 5.56 Å². The van der Waals surface area contributed by atoms with Crippen molar-refractivity contribution in [2.24, 2.45) is 11.5 Å². The van der Waals surface area contributed by atoms with E-state index in [4.69, 9.17) is 16.6 Å². The van der Waals surface area contributed by atoms with Crippen LogP contribution in [0.5, 0.6) is 0 Å². The van der Waals surface area contributed by atoms with Crippen molar-refractivity contribution >= 4 is 23.6 Å². The molecular formula is C9H13N5O4. The minimum atomic E-state index is -1.24. The molecule has 1 aromatic rings. The number of amides is 2. The first-order valence-corrected chi connectivity index (χ1v) is 4.96. The number of aromatic amines is 1. The summed E-state index contributed by atoms with van der Waals surface area (Å²) in [5.74, 6) is -2.85. The Bertz CT molecular complexity index is 495. The quantitative estimate of drug-likeness (QED) is 0.432. The predicted molar refractivity (Wildman–Crippen MR) is 60.7 cm³/mol. The SMILES string of the molecule is Cc1[nH]nc(NC(=O)[C@@H](N)CC(N)=O)c1C(=O)O. The summed E-state index contributed by atoms with van der Waals surface area (Å²) in [4.78, 5) is 33.0. The van der Waals surface area contributed by atoms with Gasteiger partial charge >= 0.3 is 5.97 Å². The smallest absolute Gasteiger partial charge is 0.341 e. The number of carbonyl (C=O) groups is 3. The van der Waals surface area contributed by atoms with Crippen molar-refractivity contribution in [3.8, 4) is 0 Å². The Hall–Kier alpha value is -2.42. The number of hydrogen-bond donors (Lipinski definition) is 5. The average molecular weight is 255 g/mol. The number of anilines is 1. The van der Waals surface area contributed by atoms with Gasteiger partial charge in [-0.05, 0) is 6.92 Å². The van der Waals surface area contributed by atoms with Gasteiger partial charge in [0.25, 0.3) is 0 Å². The molecule has 9 nitrogen and oxygen atoms in total. The predicted octanol–water partition coefficient (Wildman–Crippen LogP) is -1.44. The van der Waals surface area contributed by atoms with Gasteiger partial charge in [-0.15, -0.1) is 0 Å². The van der Waals surface area contributed by atoms with Crippen LogP contribution in [0.1, 0.15) is 22.5 Å². The number of carboxylic acid groups (broad SMARTS) is 1. The third-order valence-corrected chi connectivity index (χ3v) is 2.16. The Morgan fingerprint density at radius 1 is 1.50 bits per heavy atom. The first kappa shape index (κ1) is 13.6. The molecule has 0 aromatic carbocycles. The molecule has 0 saturated heterocycles. The van der Waals surface area contributed by atoms with Gasteiger partial charge < -0.3 is 21.9 Å². The van der Waals surface area contributed by atoms with E-state index in [-0.39, 0.29) is 17.8 Å². The van der Waals surface area contributed by atoms with E-state index in [0.29, 0.717) is 5.69 Å². The van der Waals surface area contributed by atoms with Gasteiger partial charge in [0.15, 0.2) is 5.82 Å². The first-order valence-electron chi connectivity index (χ1n) is 4.96. The van der Waals surface area contributed by atoms with Gasteiger partial charge in [-0.25, -0.2) is 4.79 Å². The minimum Gasteiger partial charge on any atom is -0.477 e. The molecule has 0 spiro atoms. The normalized spacial score (nSPS) is 11.9. The number of aryl methyl sites for hydroxylation is 1. The number of carboxylic acids is 1. The van der Waals surface area contributed by atoms with Crippen LogP contribution in [0.2, 0.25) is 0 Å². The second-order valence-electron chi connectivity index (χ2n) is 3.64. The summed E-state index contributed by atoms with van der Waals surface area (Å²) in [5, 5.41) is 17.2. The molecule has 0 aliphatic carbocycles. The third-order valence-electron chi connectivity index (χ3n) is 2.16. The molecule has 0 fully saturated rings. The molecule has 1 aromatic heterocycles. The maximum Gasteiger partial charge on any atom is 0.341 e. The van der Waals surface area contributed by atoms with Crippen molar-refractivity contribution in [1.29, 1.82) is 0 Å². The van der Waals surface area contributed by atoms with E-state index < -0.39 is 23.8 Å². The summed E-state index contributed by atoms with van der Waals surface area (Å²) >= 11 is 0. The van der Waals surface area contributed by atoms with Crippen molar-refractivity contribution < 1.29 is 19.5 Å². The van der Waals surface area contributed by atoms with Gasteiger partial charge in [-0.1, -0.05) is 0 Å². The van der Waals surface area contributed by atoms with Crippen molar-refractivity contribution in [1.82, 2.24) is 10.2 Å². The third kappa shape index (κ3) is 3.04. The Morgan fingerprint density at radius 3 is 2.61 bits per heavy atom. The van der Waals surface area contributed by atoms with E-state index in [0.717, 1.165) is 0 Å². The number of primary amides is 1. The Balaban J connectivity index is 2.82. The van der Waals surface area contributed by atoms with E-state index >= 15 is 0 Å². The van der Waals surface area contributed by atoms with Crippen LogP contribution in [0.3, 0.4) is 0 Å². The van der Waals surface area contributed by atoms with Gasteiger partial charge in [0.2, 0.25) is 11.8 Å². The van der Waals surface area contributed by atoms with E-state index in [1.165, 1.54) is 6.92 Å². The summed E-state index contributed by atoms with van der Waals surface area (Å²) in [6.45, 7) is 1.50. The monoisotopic (exact) mass is 255 g/mol. The molecule has 0 radical (unpaired) electrons. The van der Waals surface area contributed by atoms with E-state index in [2.05, 4.69) is 15.5 Å². The molecule has 18 heavy (non-hydrogen) atoms. The fraction of sp³-hybridized carbons (Fsp3) is 0.333. The molecule has 0 unspecified atom stereocenters. The highest BCUT2D eigenvalue weighted by molar-refractivity contribution is 6.02. The number of carbonyl (C=O) groups excluding carboxylic acids is 2. The zero-order valence-corrected chi connectivity index (χ0v) is 9.56. The number of aromatic nitrogens is 2. The Kier molecular flexibility index (Phi) is 4.00. The lowest BCUT2D eigenvalue weighted by molar-refractivity contribution is -0.123. The highest BCUT2D eigenvalue weighted by atomic mass is 16.4. The van der Waals surface area contributed by atoms with Crippen molar-refractivity contribution in [2.75, 3.05) is 5.32 Å². The van der Waals surface area contributed by atoms with Crippen LogP contribution >= 0.6 is 0 Å². The molecular weight excluding hydrogens is 242 g/mol. The Morgan fingerprint density at radius 2 is 2.11 bits per heavy atom. The van der Waals surface area contributed by atoms with Crippen LogP contribution in [0.15, 0.2) is 0 Å². The number of nitrogens with zero attached hydrogens (tertiary/aromatic N) is 1. The average Bonchev–Trinajstić information content (AvgIpc) is 2.58. The highest BCUT2D eigenvalue weighted by Gasteiger charge is 2.22. The van der Waals surface area contributed by atoms with Gasteiger partial charge in [0, 0.05) is 5.69 Å². The molecule has 0 bridgehead atoms. The van der Waals surface area contributed by atoms with Gasteiger partial charge in [0.05, 0.1) is 12.5 Å². The van der Waals surface area contributed by atoms with Crippen LogP contribution in [0.4, 0.5) is 5.82 Å². The summed E-state index contributed by atoms with van der Waals surface area (Å²) in [6, 6.07) is -1.15. The summed E-state index contributed by atoms with van der Waals surface area (Å²) in [6.07, 6.45) is -0.336. The number of nitrogens with two attached hydrogens (primary N) is 2. The standard InChI is InChI=1S/C9H13N5O4/c1-3-6(9(17)18)7(14-13-3)12-8(16)4(10)2-5(11)15/h4H,2,10H2,1H3,(H2,11,15)(H,17,18)(H2,12,13,14,16)/t4-/m0/s1.